The van der Waals surface area contributed by atoms with Crippen LogP contribution in [-0.2, 0) is 0 Å². The molecule has 0 radical (unpaired) electrons. The first kappa shape index (κ1) is 11.5. The van der Waals surface area contributed by atoms with E-state index in [0.29, 0.717) is 12.0 Å². The Hall–Kier alpha value is -1.61. The number of anilines is 1. The molecule has 0 amide bonds. The number of hydrogen-bond acceptors (Lipinski definition) is 3. The molecule has 2 atom stereocenters. The van der Waals surface area contributed by atoms with E-state index in [-0.39, 0.29) is 0 Å². The molecule has 1 saturated carbocycles. The molecule has 3 rings (SSSR count). The second kappa shape index (κ2) is 4.94. The van der Waals surface area contributed by atoms with Crippen molar-refractivity contribution in [2.75, 3.05) is 11.9 Å². The van der Waals surface area contributed by atoms with E-state index in [0.717, 1.165) is 12.1 Å². The maximum absolute atomic E-state index is 5.84. The van der Waals surface area contributed by atoms with E-state index in [2.05, 4.69) is 34.6 Å². The van der Waals surface area contributed by atoms with Crippen LogP contribution in [0.5, 0.6) is 0 Å². The zero-order chi connectivity index (χ0) is 12.4. The average molecular weight is 241 g/mol. The fraction of sp³-hybridized carbons (Fsp3) is 0.400. The van der Waals surface area contributed by atoms with Crippen LogP contribution in [0.4, 0.5) is 5.69 Å². The van der Waals surface area contributed by atoms with Crippen molar-refractivity contribution in [1.82, 2.24) is 4.98 Å². The zero-order valence-corrected chi connectivity index (χ0v) is 10.5. The van der Waals surface area contributed by atoms with Gasteiger partial charge in [0.2, 0.25) is 0 Å². The van der Waals surface area contributed by atoms with E-state index in [1.165, 1.54) is 30.3 Å². The van der Waals surface area contributed by atoms with E-state index in [4.69, 9.17) is 5.73 Å². The molecule has 3 nitrogen and oxygen atoms in total. The molecule has 18 heavy (non-hydrogen) atoms. The number of nitrogens with one attached hydrogen (secondary N) is 1. The van der Waals surface area contributed by atoms with Crippen molar-refractivity contribution >= 4 is 16.6 Å². The summed E-state index contributed by atoms with van der Waals surface area (Å²) in [5.41, 5.74) is 8.07. The largest absolute Gasteiger partial charge is 0.381 e. The summed E-state index contributed by atoms with van der Waals surface area (Å²) in [6.45, 7) is 0.778. The number of benzene rings is 1. The zero-order valence-electron chi connectivity index (χ0n) is 10.5. The predicted octanol–water partition coefficient (Wildman–Crippen LogP) is 2.77. The predicted molar refractivity (Wildman–Crippen MR) is 75.5 cm³/mol. The molecule has 1 aliphatic rings. The fourth-order valence-corrected chi connectivity index (χ4v) is 2.93. The van der Waals surface area contributed by atoms with Crippen LogP contribution < -0.4 is 11.1 Å². The van der Waals surface area contributed by atoms with Crippen LogP contribution in [0.3, 0.4) is 0 Å². The molecule has 1 heterocycles. The van der Waals surface area contributed by atoms with E-state index in [1.807, 2.05) is 12.3 Å². The Balaban J connectivity index is 1.90. The highest BCUT2D eigenvalue weighted by molar-refractivity contribution is 5.90. The molecule has 0 bridgehead atoms. The van der Waals surface area contributed by atoms with Crippen LogP contribution >= 0.6 is 0 Å². The molecule has 1 aliphatic carbocycles. The number of para-hydroxylation sites is 1. The second-order valence-electron chi connectivity index (χ2n) is 5.05. The van der Waals surface area contributed by atoms with Crippen molar-refractivity contribution in [2.45, 2.75) is 25.3 Å². The molecule has 0 spiro atoms. The number of fused-ring (bicyclic) bond motifs is 1. The highest BCUT2D eigenvalue weighted by Crippen LogP contribution is 2.30. The van der Waals surface area contributed by atoms with Gasteiger partial charge in [-0.2, -0.15) is 0 Å². The van der Waals surface area contributed by atoms with E-state index in [1.54, 1.807) is 0 Å². The quantitative estimate of drug-likeness (QED) is 0.868. The number of nitrogens with zero attached hydrogens (tertiary/aromatic N) is 1. The highest BCUT2D eigenvalue weighted by atomic mass is 14.9. The molecule has 0 aliphatic heterocycles. The van der Waals surface area contributed by atoms with Crippen LogP contribution in [0.25, 0.3) is 10.9 Å². The average Bonchev–Trinajstić information content (AvgIpc) is 2.86. The van der Waals surface area contributed by atoms with Gasteiger partial charge in [-0.25, -0.2) is 0 Å². The molecule has 0 saturated heterocycles. The van der Waals surface area contributed by atoms with Gasteiger partial charge in [-0.3, -0.25) is 4.98 Å². The lowest BCUT2D eigenvalue weighted by Crippen LogP contribution is -2.29. The molecule has 1 aromatic heterocycles. The number of rotatable bonds is 3. The summed E-state index contributed by atoms with van der Waals surface area (Å²) in [4.78, 5) is 4.39. The maximum atomic E-state index is 5.84. The SMILES string of the molecule is NCC1CCCC1Nc1ccnc2ccccc12. The van der Waals surface area contributed by atoms with Gasteiger partial charge in [0, 0.05) is 23.3 Å². The number of hydrogen-bond donors (Lipinski definition) is 2. The lowest BCUT2D eigenvalue weighted by atomic mass is 10.0. The van der Waals surface area contributed by atoms with Crippen molar-refractivity contribution in [3.05, 3.63) is 36.5 Å². The fourth-order valence-electron chi connectivity index (χ4n) is 2.93. The molecular formula is C15H19N3. The Morgan fingerprint density at radius 3 is 3.00 bits per heavy atom. The van der Waals surface area contributed by atoms with Crippen LogP contribution in [-0.4, -0.2) is 17.6 Å². The first-order valence-electron chi connectivity index (χ1n) is 6.69. The Labute approximate surface area is 107 Å². The summed E-state index contributed by atoms with van der Waals surface area (Å²) >= 11 is 0. The third kappa shape index (κ3) is 2.06. The Bertz CT molecular complexity index is 533. The Kier molecular flexibility index (Phi) is 3.15. The van der Waals surface area contributed by atoms with Gasteiger partial charge in [0.1, 0.15) is 0 Å². The van der Waals surface area contributed by atoms with Gasteiger partial charge >= 0.3 is 0 Å². The Morgan fingerprint density at radius 2 is 2.11 bits per heavy atom. The number of aromatic nitrogens is 1. The standard InChI is InChI=1S/C15H19N3/c16-10-11-4-3-7-13(11)18-15-8-9-17-14-6-2-1-5-12(14)15/h1-2,5-6,8-9,11,13H,3-4,7,10,16H2,(H,17,18). The molecule has 1 fully saturated rings. The molecule has 3 heteroatoms. The summed E-state index contributed by atoms with van der Waals surface area (Å²) in [5.74, 6) is 0.608. The van der Waals surface area contributed by atoms with E-state index < -0.39 is 0 Å². The molecule has 2 aromatic rings. The summed E-state index contributed by atoms with van der Waals surface area (Å²) in [6, 6.07) is 10.8. The van der Waals surface area contributed by atoms with E-state index >= 15 is 0 Å². The molecule has 94 valence electrons. The first-order valence-corrected chi connectivity index (χ1v) is 6.69. The summed E-state index contributed by atoms with van der Waals surface area (Å²) in [5, 5.41) is 4.86. The Morgan fingerprint density at radius 1 is 1.22 bits per heavy atom. The van der Waals surface area contributed by atoms with Gasteiger partial charge in [0.05, 0.1) is 5.52 Å². The van der Waals surface area contributed by atoms with Crippen molar-refractivity contribution < 1.29 is 0 Å². The van der Waals surface area contributed by atoms with Gasteiger partial charge in [-0.15, -0.1) is 0 Å². The molecule has 3 N–H and O–H groups in total. The highest BCUT2D eigenvalue weighted by Gasteiger charge is 2.26. The number of pyridine rings is 1. The van der Waals surface area contributed by atoms with Crippen molar-refractivity contribution in [1.29, 1.82) is 0 Å². The smallest absolute Gasteiger partial charge is 0.0722 e. The van der Waals surface area contributed by atoms with Gasteiger partial charge < -0.3 is 11.1 Å². The van der Waals surface area contributed by atoms with Crippen LogP contribution in [0, 0.1) is 5.92 Å². The summed E-state index contributed by atoms with van der Waals surface area (Å²) < 4.78 is 0. The summed E-state index contributed by atoms with van der Waals surface area (Å²) in [7, 11) is 0. The third-order valence-corrected chi connectivity index (χ3v) is 3.95. The van der Waals surface area contributed by atoms with Gasteiger partial charge in [0.25, 0.3) is 0 Å². The van der Waals surface area contributed by atoms with Crippen molar-refractivity contribution in [2.24, 2.45) is 11.7 Å². The minimum Gasteiger partial charge on any atom is -0.381 e. The maximum Gasteiger partial charge on any atom is 0.0722 e. The van der Waals surface area contributed by atoms with E-state index in [9.17, 15) is 0 Å². The number of nitrogens with two attached hydrogens (primary N) is 1. The van der Waals surface area contributed by atoms with Crippen molar-refractivity contribution in [3.63, 3.8) is 0 Å². The molecule has 2 unspecified atom stereocenters. The van der Waals surface area contributed by atoms with Crippen LogP contribution in [0.2, 0.25) is 0 Å². The van der Waals surface area contributed by atoms with Gasteiger partial charge in [0.15, 0.2) is 0 Å². The van der Waals surface area contributed by atoms with Gasteiger partial charge in [-0.05, 0) is 37.4 Å². The van der Waals surface area contributed by atoms with Crippen LogP contribution in [0.1, 0.15) is 19.3 Å². The molecule has 1 aromatic carbocycles. The van der Waals surface area contributed by atoms with Gasteiger partial charge in [-0.1, -0.05) is 24.6 Å². The monoisotopic (exact) mass is 241 g/mol. The topological polar surface area (TPSA) is 50.9 Å². The molecular weight excluding hydrogens is 222 g/mol. The lowest BCUT2D eigenvalue weighted by Gasteiger charge is -2.21. The first-order chi connectivity index (χ1) is 8.88. The lowest BCUT2D eigenvalue weighted by molar-refractivity contribution is 0.517. The summed E-state index contributed by atoms with van der Waals surface area (Å²) in [6.07, 6.45) is 5.62. The third-order valence-electron chi connectivity index (χ3n) is 3.95. The minimum absolute atomic E-state index is 0.515. The minimum atomic E-state index is 0.515. The normalized spacial score (nSPS) is 23.4. The van der Waals surface area contributed by atoms with Crippen LogP contribution in [0.15, 0.2) is 36.5 Å². The second-order valence-corrected chi connectivity index (χ2v) is 5.05. The van der Waals surface area contributed by atoms with Crippen molar-refractivity contribution in [3.8, 4) is 0 Å².